The molecule has 1 saturated heterocycles. The van der Waals surface area contributed by atoms with E-state index in [-0.39, 0.29) is 11.9 Å². The molecule has 4 nitrogen and oxygen atoms in total. The first-order valence-electron chi connectivity index (χ1n) is 6.46. The summed E-state index contributed by atoms with van der Waals surface area (Å²) in [5, 5.41) is 9.66. The van der Waals surface area contributed by atoms with E-state index in [9.17, 15) is 9.59 Å². The van der Waals surface area contributed by atoms with Crippen molar-refractivity contribution in [2.45, 2.75) is 19.4 Å². The summed E-state index contributed by atoms with van der Waals surface area (Å²) >= 11 is 5.87. The number of aliphatic carboxylic acids is 1. The van der Waals surface area contributed by atoms with Gasteiger partial charge in [0.05, 0.1) is 5.92 Å². The normalized spacial score (nSPS) is 22.4. The lowest BCUT2D eigenvalue weighted by molar-refractivity contribution is -0.142. The van der Waals surface area contributed by atoms with Crippen LogP contribution in [0.4, 0.5) is 0 Å². The summed E-state index contributed by atoms with van der Waals surface area (Å²) in [5.74, 6) is -1.48. The molecule has 1 amide bonds. The first-order valence-corrected chi connectivity index (χ1v) is 6.84. The second-order valence-corrected chi connectivity index (χ2v) is 5.33. The van der Waals surface area contributed by atoms with Gasteiger partial charge in [0.15, 0.2) is 0 Å². The van der Waals surface area contributed by atoms with Crippen LogP contribution in [0, 0.1) is 5.92 Å². The van der Waals surface area contributed by atoms with Gasteiger partial charge in [-0.2, -0.15) is 0 Å². The molecule has 106 valence electrons. The van der Waals surface area contributed by atoms with Crippen LogP contribution < -0.4 is 0 Å². The molecule has 1 aromatic rings. The molecule has 20 heavy (non-hydrogen) atoms. The van der Waals surface area contributed by atoms with E-state index in [2.05, 4.69) is 0 Å². The van der Waals surface area contributed by atoms with Crippen molar-refractivity contribution < 1.29 is 14.7 Å². The zero-order valence-corrected chi connectivity index (χ0v) is 11.9. The Morgan fingerprint density at radius 2 is 2.20 bits per heavy atom. The zero-order valence-electron chi connectivity index (χ0n) is 11.1. The Kier molecular flexibility index (Phi) is 4.45. The summed E-state index contributed by atoms with van der Waals surface area (Å²) < 4.78 is 0. The second kappa shape index (κ2) is 6.09. The van der Waals surface area contributed by atoms with Gasteiger partial charge in [0.25, 0.3) is 0 Å². The fourth-order valence-corrected chi connectivity index (χ4v) is 2.65. The Labute approximate surface area is 122 Å². The van der Waals surface area contributed by atoms with Gasteiger partial charge in [-0.15, -0.1) is 0 Å². The average molecular weight is 294 g/mol. The molecule has 1 heterocycles. The third kappa shape index (κ3) is 3.20. The van der Waals surface area contributed by atoms with E-state index in [1.165, 1.54) is 6.08 Å². The minimum atomic E-state index is -0.841. The molecule has 1 aliphatic rings. The highest BCUT2D eigenvalue weighted by atomic mass is 35.5. The fourth-order valence-electron chi connectivity index (χ4n) is 2.45. The van der Waals surface area contributed by atoms with Crippen LogP contribution in [-0.2, 0) is 9.59 Å². The number of carboxylic acid groups (broad SMARTS) is 1. The average Bonchev–Trinajstić information content (AvgIpc) is 2.78. The molecule has 0 spiro atoms. The molecule has 1 aromatic carbocycles. The summed E-state index contributed by atoms with van der Waals surface area (Å²) in [4.78, 5) is 24.7. The third-order valence-electron chi connectivity index (χ3n) is 3.62. The van der Waals surface area contributed by atoms with Gasteiger partial charge in [-0.05, 0) is 37.1 Å². The molecular formula is C15H16ClNO3. The van der Waals surface area contributed by atoms with E-state index in [1.807, 2.05) is 12.1 Å². The minimum absolute atomic E-state index is 0.166. The first kappa shape index (κ1) is 14.6. The lowest BCUT2D eigenvalue weighted by atomic mass is 10.0. The number of hydrogen-bond donors (Lipinski definition) is 1. The van der Waals surface area contributed by atoms with Gasteiger partial charge in [0.1, 0.15) is 0 Å². The Morgan fingerprint density at radius 1 is 1.45 bits per heavy atom. The van der Waals surface area contributed by atoms with Gasteiger partial charge >= 0.3 is 5.97 Å². The summed E-state index contributed by atoms with van der Waals surface area (Å²) in [7, 11) is 0. The van der Waals surface area contributed by atoms with Gasteiger partial charge in [-0.3, -0.25) is 9.59 Å². The molecule has 0 aliphatic carbocycles. The van der Waals surface area contributed by atoms with Crippen molar-refractivity contribution in [3.8, 4) is 0 Å². The summed E-state index contributed by atoms with van der Waals surface area (Å²) in [6, 6.07) is 6.91. The van der Waals surface area contributed by atoms with Crippen LogP contribution in [0.15, 0.2) is 30.3 Å². The Morgan fingerprint density at radius 3 is 2.80 bits per heavy atom. The topological polar surface area (TPSA) is 57.6 Å². The molecule has 0 radical (unpaired) electrons. The van der Waals surface area contributed by atoms with Gasteiger partial charge in [-0.25, -0.2) is 0 Å². The second-order valence-electron chi connectivity index (χ2n) is 4.89. The molecule has 2 unspecified atom stereocenters. The van der Waals surface area contributed by atoms with Crippen molar-refractivity contribution in [3.63, 3.8) is 0 Å². The molecule has 5 heteroatoms. The van der Waals surface area contributed by atoms with Crippen LogP contribution in [0.2, 0.25) is 5.02 Å². The smallest absolute Gasteiger partial charge is 0.308 e. The molecule has 2 atom stereocenters. The van der Waals surface area contributed by atoms with Gasteiger partial charge in [0.2, 0.25) is 5.91 Å². The lowest BCUT2D eigenvalue weighted by Crippen LogP contribution is -2.36. The maximum absolute atomic E-state index is 12.1. The highest BCUT2D eigenvalue weighted by Gasteiger charge is 2.37. The monoisotopic (exact) mass is 293 g/mol. The van der Waals surface area contributed by atoms with Crippen LogP contribution in [0.5, 0.6) is 0 Å². The molecule has 2 rings (SSSR count). The van der Waals surface area contributed by atoms with E-state index in [0.29, 0.717) is 18.0 Å². The third-order valence-corrected chi connectivity index (χ3v) is 3.86. The standard InChI is InChI=1S/C15H16ClNO3/c1-10-13(15(19)20)7-8-17(10)14(18)6-5-11-3-2-4-12(16)9-11/h2-6,9-10,13H,7-8H2,1H3,(H,19,20). The van der Waals surface area contributed by atoms with Crippen LogP contribution in [-0.4, -0.2) is 34.5 Å². The van der Waals surface area contributed by atoms with Crippen LogP contribution in [0.25, 0.3) is 6.08 Å². The number of carboxylic acids is 1. The number of carbonyl (C=O) groups is 2. The first-order chi connectivity index (χ1) is 9.49. The van der Waals surface area contributed by atoms with Crippen molar-refractivity contribution in [3.05, 3.63) is 40.9 Å². The number of carbonyl (C=O) groups excluding carboxylic acids is 1. The Hall–Kier alpha value is -1.81. The van der Waals surface area contributed by atoms with Crippen molar-refractivity contribution in [2.75, 3.05) is 6.54 Å². The molecule has 1 aliphatic heterocycles. The fraction of sp³-hybridized carbons (Fsp3) is 0.333. The largest absolute Gasteiger partial charge is 0.481 e. The lowest BCUT2D eigenvalue weighted by Gasteiger charge is -2.21. The van der Waals surface area contributed by atoms with E-state index in [0.717, 1.165) is 5.56 Å². The molecule has 0 saturated carbocycles. The Bertz CT molecular complexity index is 556. The minimum Gasteiger partial charge on any atom is -0.481 e. The Balaban J connectivity index is 2.04. The van der Waals surface area contributed by atoms with Crippen LogP contribution in [0.3, 0.4) is 0 Å². The summed E-state index contributed by atoms with van der Waals surface area (Å²) in [5.41, 5.74) is 0.840. The highest BCUT2D eigenvalue weighted by molar-refractivity contribution is 6.30. The van der Waals surface area contributed by atoms with Gasteiger partial charge < -0.3 is 10.0 Å². The number of hydrogen-bond acceptors (Lipinski definition) is 2. The van der Waals surface area contributed by atoms with Gasteiger partial charge in [0, 0.05) is 23.7 Å². The molecular weight excluding hydrogens is 278 g/mol. The highest BCUT2D eigenvalue weighted by Crippen LogP contribution is 2.24. The van der Waals surface area contributed by atoms with Crippen molar-refractivity contribution in [1.82, 2.24) is 4.90 Å². The summed E-state index contributed by atoms with van der Waals surface area (Å²) in [6.07, 6.45) is 3.66. The number of nitrogens with zero attached hydrogens (tertiary/aromatic N) is 1. The predicted molar refractivity (Wildman–Crippen MR) is 77.4 cm³/mol. The maximum Gasteiger partial charge on any atom is 0.308 e. The van der Waals surface area contributed by atoms with E-state index >= 15 is 0 Å². The number of rotatable bonds is 3. The zero-order chi connectivity index (χ0) is 14.7. The SMILES string of the molecule is CC1C(C(=O)O)CCN1C(=O)C=Cc1cccc(Cl)c1. The van der Waals surface area contributed by atoms with Gasteiger partial charge in [-0.1, -0.05) is 23.7 Å². The number of likely N-dealkylation sites (tertiary alicyclic amines) is 1. The van der Waals surface area contributed by atoms with E-state index in [1.54, 1.807) is 30.0 Å². The van der Waals surface area contributed by atoms with Crippen molar-refractivity contribution in [1.29, 1.82) is 0 Å². The molecule has 1 N–H and O–H groups in total. The number of benzene rings is 1. The molecule has 0 bridgehead atoms. The van der Waals surface area contributed by atoms with Crippen molar-refractivity contribution >= 4 is 29.6 Å². The van der Waals surface area contributed by atoms with E-state index in [4.69, 9.17) is 16.7 Å². The predicted octanol–water partition coefficient (Wildman–Crippen LogP) is 2.67. The number of halogens is 1. The quantitative estimate of drug-likeness (QED) is 0.872. The van der Waals surface area contributed by atoms with Crippen molar-refractivity contribution in [2.24, 2.45) is 5.92 Å². The molecule has 1 fully saturated rings. The maximum atomic E-state index is 12.1. The molecule has 0 aromatic heterocycles. The van der Waals surface area contributed by atoms with Crippen LogP contribution in [0.1, 0.15) is 18.9 Å². The van der Waals surface area contributed by atoms with Crippen LogP contribution >= 0.6 is 11.6 Å². The number of amides is 1. The summed E-state index contributed by atoms with van der Waals surface area (Å²) in [6.45, 7) is 2.26. The van der Waals surface area contributed by atoms with E-state index < -0.39 is 11.9 Å².